The Labute approximate surface area is 114 Å². The molecule has 0 heterocycles. The first-order chi connectivity index (χ1) is 8.54. The summed E-state index contributed by atoms with van der Waals surface area (Å²) >= 11 is 3.38. The third kappa shape index (κ3) is 3.11. The Morgan fingerprint density at radius 3 is 2.67 bits per heavy atom. The van der Waals surface area contributed by atoms with Crippen LogP contribution >= 0.6 is 15.9 Å². The zero-order valence-electron chi connectivity index (χ0n) is 9.91. The molecule has 0 aromatic heterocycles. The molecule has 1 amide bonds. The molecule has 0 fully saturated rings. The molecule has 2 rings (SSSR count). The maximum absolute atomic E-state index is 12.1. The van der Waals surface area contributed by atoms with Gasteiger partial charge in [-0.15, -0.1) is 0 Å². The van der Waals surface area contributed by atoms with Crippen molar-refractivity contribution in [2.24, 2.45) is 0 Å². The number of benzene rings is 2. The summed E-state index contributed by atoms with van der Waals surface area (Å²) in [6, 6.07) is 12.7. The minimum Gasteiger partial charge on any atom is -0.399 e. The molecule has 4 heteroatoms. The number of rotatable bonds is 2. The van der Waals surface area contributed by atoms with E-state index in [-0.39, 0.29) is 5.91 Å². The van der Waals surface area contributed by atoms with E-state index in [4.69, 9.17) is 5.73 Å². The zero-order valence-corrected chi connectivity index (χ0v) is 11.5. The lowest BCUT2D eigenvalue weighted by atomic mass is 10.1. The number of aryl methyl sites for hydroxylation is 1. The average molecular weight is 305 g/mol. The van der Waals surface area contributed by atoms with Crippen molar-refractivity contribution in [3.63, 3.8) is 0 Å². The zero-order chi connectivity index (χ0) is 13.1. The van der Waals surface area contributed by atoms with Gasteiger partial charge in [0, 0.05) is 21.4 Å². The van der Waals surface area contributed by atoms with Crippen molar-refractivity contribution in [3.8, 4) is 0 Å². The van der Waals surface area contributed by atoms with Crippen LogP contribution in [0.25, 0.3) is 0 Å². The molecule has 0 spiro atoms. The van der Waals surface area contributed by atoms with E-state index in [0.717, 1.165) is 10.0 Å². The second-order valence-corrected chi connectivity index (χ2v) is 5.01. The Bertz CT molecular complexity index is 576. The molecule has 18 heavy (non-hydrogen) atoms. The van der Waals surface area contributed by atoms with E-state index in [1.807, 2.05) is 19.1 Å². The summed E-state index contributed by atoms with van der Waals surface area (Å²) in [6.07, 6.45) is 0. The largest absolute Gasteiger partial charge is 0.399 e. The first kappa shape index (κ1) is 12.6. The second kappa shape index (κ2) is 5.23. The molecular formula is C14H13BrN2O. The Hall–Kier alpha value is -1.81. The fraction of sp³-hybridized carbons (Fsp3) is 0.0714. The SMILES string of the molecule is Cc1cc(Br)cc(C(=O)Nc2cccc(N)c2)c1. The molecule has 0 radical (unpaired) electrons. The Morgan fingerprint density at radius 2 is 2.00 bits per heavy atom. The van der Waals surface area contributed by atoms with Crippen LogP contribution in [0.1, 0.15) is 15.9 Å². The third-order valence-corrected chi connectivity index (χ3v) is 2.91. The second-order valence-electron chi connectivity index (χ2n) is 4.10. The summed E-state index contributed by atoms with van der Waals surface area (Å²) in [5.74, 6) is -0.148. The van der Waals surface area contributed by atoms with Crippen molar-refractivity contribution in [2.45, 2.75) is 6.92 Å². The standard InChI is InChI=1S/C14H13BrN2O/c1-9-5-10(7-11(15)6-9)14(18)17-13-4-2-3-12(16)8-13/h2-8H,16H2,1H3,(H,17,18). The number of nitrogens with one attached hydrogen (secondary N) is 1. The molecule has 3 N–H and O–H groups in total. The van der Waals surface area contributed by atoms with Crippen LogP contribution in [0.4, 0.5) is 11.4 Å². The summed E-state index contributed by atoms with van der Waals surface area (Å²) < 4.78 is 0.889. The average Bonchev–Trinajstić information content (AvgIpc) is 2.27. The summed E-state index contributed by atoms with van der Waals surface area (Å²) in [5.41, 5.74) is 8.62. The predicted molar refractivity (Wildman–Crippen MR) is 77.7 cm³/mol. The van der Waals surface area contributed by atoms with E-state index in [1.165, 1.54) is 0 Å². The molecule has 0 saturated heterocycles. The van der Waals surface area contributed by atoms with Crippen molar-refractivity contribution < 1.29 is 4.79 Å². The Morgan fingerprint density at radius 1 is 1.22 bits per heavy atom. The molecule has 0 aliphatic rings. The van der Waals surface area contributed by atoms with Crippen LogP contribution in [0.15, 0.2) is 46.9 Å². The fourth-order valence-electron chi connectivity index (χ4n) is 1.69. The van der Waals surface area contributed by atoms with Crippen LogP contribution in [0, 0.1) is 6.92 Å². The topological polar surface area (TPSA) is 55.1 Å². The normalized spacial score (nSPS) is 10.1. The molecule has 0 atom stereocenters. The number of hydrogen-bond acceptors (Lipinski definition) is 2. The quantitative estimate of drug-likeness (QED) is 0.833. The number of anilines is 2. The lowest BCUT2D eigenvalue weighted by Crippen LogP contribution is -2.12. The van der Waals surface area contributed by atoms with Gasteiger partial charge in [-0.2, -0.15) is 0 Å². The highest BCUT2D eigenvalue weighted by Gasteiger charge is 2.07. The van der Waals surface area contributed by atoms with Crippen molar-refractivity contribution in [1.29, 1.82) is 0 Å². The van der Waals surface area contributed by atoms with Gasteiger partial charge in [0.2, 0.25) is 0 Å². The monoisotopic (exact) mass is 304 g/mol. The van der Waals surface area contributed by atoms with Crippen molar-refractivity contribution in [2.75, 3.05) is 11.1 Å². The van der Waals surface area contributed by atoms with E-state index < -0.39 is 0 Å². The van der Waals surface area contributed by atoms with Gasteiger partial charge in [-0.3, -0.25) is 4.79 Å². The lowest BCUT2D eigenvalue weighted by molar-refractivity contribution is 0.102. The van der Waals surface area contributed by atoms with Crippen molar-refractivity contribution >= 4 is 33.2 Å². The van der Waals surface area contributed by atoms with E-state index in [0.29, 0.717) is 16.9 Å². The molecule has 0 bridgehead atoms. The van der Waals surface area contributed by atoms with Crippen molar-refractivity contribution in [3.05, 3.63) is 58.1 Å². The van der Waals surface area contributed by atoms with Crippen LogP contribution in [-0.4, -0.2) is 5.91 Å². The number of amides is 1. The van der Waals surface area contributed by atoms with Gasteiger partial charge in [-0.05, 0) is 48.9 Å². The first-order valence-corrected chi connectivity index (χ1v) is 6.28. The van der Waals surface area contributed by atoms with E-state index in [9.17, 15) is 4.79 Å². The summed E-state index contributed by atoms with van der Waals surface area (Å²) in [4.78, 5) is 12.1. The van der Waals surface area contributed by atoms with Crippen LogP contribution < -0.4 is 11.1 Å². The molecule has 0 aliphatic carbocycles. The number of carbonyl (C=O) groups is 1. The molecule has 2 aromatic carbocycles. The van der Waals surface area contributed by atoms with Gasteiger partial charge in [-0.25, -0.2) is 0 Å². The van der Waals surface area contributed by atoms with Gasteiger partial charge >= 0.3 is 0 Å². The number of carbonyl (C=O) groups excluding carboxylic acids is 1. The number of hydrogen-bond donors (Lipinski definition) is 2. The van der Waals surface area contributed by atoms with Gasteiger partial charge in [0.1, 0.15) is 0 Å². The Balaban J connectivity index is 2.22. The van der Waals surface area contributed by atoms with Crippen molar-refractivity contribution in [1.82, 2.24) is 0 Å². The maximum Gasteiger partial charge on any atom is 0.255 e. The highest BCUT2D eigenvalue weighted by molar-refractivity contribution is 9.10. The molecule has 3 nitrogen and oxygen atoms in total. The van der Waals surface area contributed by atoms with Gasteiger partial charge in [0.05, 0.1) is 0 Å². The highest BCUT2D eigenvalue weighted by atomic mass is 79.9. The predicted octanol–water partition coefficient (Wildman–Crippen LogP) is 3.59. The Kier molecular flexibility index (Phi) is 3.67. The lowest BCUT2D eigenvalue weighted by Gasteiger charge is -2.07. The first-order valence-electron chi connectivity index (χ1n) is 5.49. The number of halogens is 1. The van der Waals surface area contributed by atoms with E-state index in [2.05, 4.69) is 21.2 Å². The molecule has 2 aromatic rings. The van der Waals surface area contributed by atoms with E-state index >= 15 is 0 Å². The summed E-state index contributed by atoms with van der Waals surface area (Å²) in [7, 11) is 0. The van der Waals surface area contributed by atoms with Crippen LogP contribution in [0.5, 0.6) is 0 Å². The number of nitrogen functional groups attached to an aromatic ring is 1. The van der Waals surface area contributed by atoms with Crippen LogP contribution in [-0.2, 0) is 0 Å². The van der Waals surface area contributed by atoms with Gasteiger partial charge < -0.3 is 11.1 Å². The minimum absolute atomic E-state index is 0.148. The maximum atomic E-state index is 12.1. The smallest absolute Gasteiger partial charge is 0.255 e. The molecule has 0 saturated carbocycles. The number of nitrogens with two attached hydrogens (primary N) is 1. The highest BCUT2D eigenvalue weighted by Crippen LogP contribution is 2.17. The third-order valence-electron chi connectivity index (χ3n) is 2.45. The molecule has 0 aliphatic heterocycles. The van der Waals surface area contributed by atoms with Gasteiger partial charge in [0.15, 0.2) is 0 Å². The van der Waals surface area contributed by atoms with Gasteiger partial charge in [0.25, 0.3) is 5.91 Å². The van der Waals surface area contributed by atoms with E-state index in [1.54, 1.807) is 30.3 Å². The molecular weight excluding hydrogens is 292 g/mol. The minimum atomic E-state index is -0.148. The van der Waals surface area contributed by atoms with Crippen LogP contribution in [0.2, 0.25) is 0 Å². The summed E-state index contributed by atoms with van der Waals surface area (Å²) in [6.45, 7) is 1.95. The summed E-state index contributed by atoms with van der Waals surface area (Å²) in [5, 5.41) is 2.81. The fourth-order valence-corrected chi connectivity index (χ4v) is 2.29. The van der Waals surface area contributed by atoms with Crippen LogP contribution in [0.3, 0.4) is 0 Å². The van der Waals surface area contributed by atoms with Gasteiger partial charge in [-0.1, -0.05) is 22.0 Å². The molecule has 92 valence electrons. The molecule has 0 unspecified atom stereocenters.